The highest BCUT2D eigenvalue weighted by Gasteiger charge is 2.36. The topological polar surface area (TPSA) is 46.6 Å². The molecular formula is C23H15BrINO3S. The Morgan fingerprint density at radius 2 is 1.73 bits per heavy atom. The van der Waals surface area contributed by atoms with Crippen LogP contribution < -0.4 is 9.64 Å². The molecule has 3 aromatic carbocycles. The van der Waals surface area contributed by atoms with Crippen molar-refractivity contribution >= 4 is 73.2 Å². The molecule has 1 aliphatic rings. The summed E-state index contributed by atoms with van der Waals surface area (Å²) in [6.45, 7) is 0.408. The van der Waals surface area contributed by atoms with Crippen molar-refractivity contribution in [2.45, 2.75) is 6.61 Å². The molecule has 0 N–H and O–H groups in total. The lowest BCUT2D eigenvalue weighted by Gasteiger charge is -2.12. The number of imide groups is 1. The van der Waals surface area contributed by atoms with Crippen LogP contribution in [0.2, 0.25) is 0 Å². The minimum atomic E-state index is -0.334. The zero-order valence-corrected chi connectivity index (χ0v) is 20.1. The first kappa shape index (κ1) is 21.1. The van der Waals surface area contributed by atoms with Crippen molar-refractivity contribution in [2.75, 3.05) is 4.90 Å². The smallest absolute Gasteiger partial charge is 0.298 e. The van der Waals surface area contributed by atoms with Gasteiger partial charge in [0.15, 0.2) is 0 Å². The van der Waals surface area contributed by atoms with E-state index in [9.17, 15) is 9.59 Å². The van der Waals surface area contributed by atoms with Crippen molar-refractivity contribution in [3.8, 4) is 5.75 Å². The molecule has 0 radical (unpaired) electrons. The van der Waals surface area contributed by atoms with E-state index >= 15 is 0 Å². The minimum Gasteiger partial charge on any atom is -0.488 e. The number of thioether (sulfide) groups is 1. The SMILES string of the molecule is O=C1S/C(=C\c2cc(Br)ccc2OCc2ccc(I)cc2)C(=O)N1c1ccccc1. The first-order valence-corrected chi connectivity index (χ1v) is 11.7. The number of hydrogen-bond donors (Lipinski definition) is 0. The van der Waals surface area contributed by atoms with Crippen LogP contribution in [0.3, 0.4) is 0 Å². The zero-order chi connectivity index (χ0) is 21.1. The molecule has 0 bridgehead atoms. The second kappa shape index (κ2) is 9.36. The summed E-state index contributed by atoms with van der Waals surface area (Å²) in [6.07, 6.45) is 1.71. The molecule has 7 heteroatoms. The van der Waals surface area contributed by atoms with Crippen LogP contribution in [-0.4, -0.2) is 11.1 Å². The Labute approximate surface area is 200 Å². The van der Waals surface area contributed by atoms with Crippen molar-refractivity contribution in [3.05, 3.63) is 96.9 Å². The second-order valence-electron chi connectivity index (χ2n) is 6.45. The highest BCUT2D eigenvalue weighted by atomic mass is 127. The molecule has 0 atom stereocenters. The molecule has 1 fully saturated rings. The van der Waals surface area contributed by atoms with Crippen molar-refractivity contribution in [2.24, 2.45) is 0 Å². The predicted molar refractivity (Wildman–Crippen MR) is 133 cm³/mol. The van der Waals surface area contributed by atoms with Gasteiger partial charge in [0, 0.05) is 13.6 Å². The molecule has 0 saturated carbocycles. The van der Waals surface area contributed by atoms with E-state index in [2.05, 4.69) is 38.5 Å². The number of benzene rings is 3. The number of carbonyl (C=O) groups excluding carboxylic acids is 2. The molecular weight excluding hydrogens is 577 g/mol. The van der Waals surface area contributed by atoms with Crippen LogP contribution in [-0.2, 0) is 11.4 Å². The standard InChI is InChI=1S/C23H15BrINO3S/c24-17-8-11-20(29-14-15-6-9-18(25)10-7-15)16(12-17)13-21-22(27)26(23(28)30-21)19-4-2-1-3-5-19/h1-13H,14H2/b21-13-. The van der Waals surface area contributed by atoms with Crippen molar-refractivity contribution in [1.29, 1.82) is 0 Å². The summed E-state index contributed by atoms with van der Waals surface area (Å²) in [4.78, 5) is 26.9. The van der Waals surface area contributed by atoms with Crippen molar-refractivity contribution < 1.29 is 14.3 Å². The number of rotatable bonds is 5. The van der Waals surface area contributed by atoms with Gasteiger partial charge in [0.2, 0.25) is 0 Å². The molecule has 0 spiro atoms. The fraction of sp³-hybridized carbons (Fsp3) is 0.0435. The van der Waals surface area contributed by atoms with Gasteiger partial charge in [-0.25, -0.2) is 4.90 Å². The summed E-state index contributed by atoms with van der Waals surface area (Å²) in [5, 5.41) is -0.311. The summed E-state index contributed by atoms with van der Waals surface area (Å²) in [5.41, 5.74) is 2.34. The van der Waals surface area contributed by atoms with E-state index in [-0.39, 0.29) is 11.1 Å². The summed E-state index contributed by atoms with van der Waals surface area (Å²) in [7, 11) is 0. The number of ether oxygens (including phenoxy) is 1. The first-order valence-electron chi connectivity index (χ1n) is 9.01. The number of anilines is 1. The Bertz CT molecular complexity index is 1130. The molecule has 3 aromatic rings. The van der Waals surface area contributed by atoms with Crippen LogP contribution in [0.25, 0.3) is 6.08 Å². The average molecular weight is 592 g/mol. The lowest BCUT2D eigenvalue weighted by molar-refractivity contribution is -0.113. The Morgan fingerprint density at radius 3 is 2.47 bits per heavy atom. The maximum absolute atomic E-state index is 12.9. The van der Waals surface area contributed by atoms with Crippen LogP contribution in [0.15, 0.2) is 82.2 Å². The van der Waals surface area contributed by atoms with Gasteiger partial charge in [0.05, 0.1) is 10.6 Å². The van der Waals surface area contributed by atoms with Gasteiger partial charge in [-0.15, -0.1) is 0 Å². The average Bonchev–Trinajstić information content (AvgIpc) is 3.02. The van der Waals surface area contributed by atoms with Gasteiger partial charge in [-0.2, -0.15) is 0 Å². The van der Waals surface area contributed by atoms with Crippen LogP contribution in [0.4, 0.5) is 10.5 Å². The summed E-state index contributed by atoms with van der Waals surface area (Å²) >= 11 is 6.66. The Kier molecular flexibility index (Phi) is 6.60. The summed E-state index contributed by atoms with van der Waals surface area (Å²) in [5.74, 6) is 0.308. The third kappa shape index (κ3) is 4.79. The third-order valence-corrected chi connectivity index (χ3v) is 6.46. The van der Waals surface area contributed by atoms with Gasteiger partial charge in [-0.3, -0.25) is 9.59 Å². The lowest BCUT2D eigenvalue weighted by Crippen LogP contribution is -2.27. The largest absolute Gasteiger partial charge is 0.488 e. The van der Waals surface area contributed by atoms with E-state index in [0.29, 0.717) is 22.9 Å². The van der Waals surface area contributed by atoms with Crippen LogP contribution in [0, 0.1) is 3.57 Å². The monoisotopic (exact) mass is 591 g/mol. The van der Waals surface area contributed by atoms with Crippen molar-refractivity contribution in [3.63, 3.8) is 0 Å². The molecule has 1 aliphatic heterocycles. The van der Waals surface area contributed by atoms with E-state index < -0.39 is 0 Å². The second-order valence-corrected chi connectivity index (χ2v) is 9.60. The highest BCUT2D eigenvalue weighted by molar-refractivity contribution is 14.1. The number of halogens is 2. The quantitative estimate of drug-likeness (QED) is 0.240. The third-order valence-electron chi connectivity index (χ3n) is 4.37. The van der Waals surface area contributed by atoms with Crippen LogP contribution in [0.1, 0.15) is 11.1 Å². The summed E-state index contributed by atoms with van der Waals surface area (Å²) < 4.78 is 8.04. The molecule has 1 heterocycles. The summed E-state index contributed by atoms with van der Waals surface area (Å²) in [6, 6.07) is 22.6. The van der Waals surface area contributed by atoms with E-state index in [0.717, 1.165) is 30.9 Å². The van der Waals surface area contributed by atoms with Gasteiger partial charge in [-0.1, -0.05) is 46.3 Å². The molecule has 1 saturated heterocycles. The van der Waals surface area contributed by atoms with Gasteiger partial charge < -0.3 is 4.74 Å². The van der Waals surface area contributed by atoms with Gasteiger partial charge >= 0.3 is 0 Å². The molecule has 150 valence electrons. The molecule has 4 rings (SSSR count). The van der Waals surface area contributed by atoms with E-state index in [1.54, 1.807) is 30.3 Å². The maximum Gasteiger partial charge on any atom is 0.298 e. The zero-order valence-electron chi connectivity index (χ0n) is 15.5. The minimum absolute atomic E-state index is 0.311. The highest BCUT2D eigenvalue weighted by Crippen LogP contribution is 2.37. The van der Waals surface area contributed by atoms with E-state index in [1.165, 1.54) is 4.90 Å². The fourth-order valence-corrected chi connectivity index (χ4v) is 4.48. The Hall–Kier alpha value is -2.10. The normalized spacial score (nSPS) is 15.1. The van der Waals surface area contributed by atoms with Crippen molar-refractivity contribution in [1.82, 2.24) is 0 Å². The number of amides is 2. The molecule has 0 aliphatic carbocycles. The number of nitrogens with zero attached hydrogens (tertiary/aromatic N) is 1. The first-order chi connectivity index (χ1) is 14.5. The lowest BCUT2D eigenvalue weighted by atomic mass is 10.1. The van der Waals surface area contributed by atoms with E-state index in [4.69, 9.17) is 4.74 Å². The van der Waals surface area contributed by atoms with Gasteiger partial charge in [0.25, 0.3) is 11.1 Å². The molecule has 4 nitrogen and oxygen atoms in total. The fourth-order valence-electron chi connectivity index (χ4n) is 2.91. The number of para-hydroxylation sites is 1. The maximum atomic E-state index is 12.9. The predicted octanol–water partition coefficient (Wildman–Crippen LogP) is 6.87. The Balaban J connectivity index is 1.60. The van der Waals surface area contributed by atoms with Crippen LogP contribution >= 0.6 is 50.3 Å². The van der Waals surface area contributed by atoms with Gasteiger partial charge in [0.1, 0.15) is 12.4 Å². The molecule has 0 aromatic heterocycles. The molecule has 0 unspecified atom stereocenters. The number of hydrogen-bond acceptors (Lipinski definition) is 4. The van der Waals surface area contributed by atoms with Gasteiger partial charge in [-0.05, 0) is 88.5 Å². The Morgan fingerprint density at radius 1 is 1.00 bits per heavy atom. The molecule has 30 heavy (non-hydrogen) atoms. The molecule has 2 amide bonds. The number of carbonyl (C=O) groups is 2. The van der Waals surface area contributed by atoms with Crippen LogP contribution in [0.5, 0.6) is 5.75 Å². The van der Waals surface area contributed by atoms with E-state index in [1.807, 2.05) is 48.5 Å².